The lowest BCUT2D eigenvalue weighted by Gasteiger charge is -2.20. The topological polar surface area (TPSA) is 53.7 Å². The zero-order valence-corrected chi connectivity index (χ0v) is 9.12. The number of hydrogen-bond acceptors (Lipinski definition) is 3. The fourth-order valence-electron chi connectivity index (χ4n) is 1.33. The van der Waals surface area contributed by atoms with Crippen LogP contribution in [0.5, 0.6) is 0 Å². The minimum Gasteiger partial charge on any atom is -0.478 e. The summed E-state index contributed by atoms with van der Waals surface area (Å²) in [7, 11) is 0. The Kier molecular flexibility index (Phi) is 4.17. The van der Waals surface area contributed by atoms with Gasteiger partial charge in [-0.1, -0.05) is 6.92 Å². The number of rotatable bonds is 5. The normalized spacial score (nSPS) is 12.1. The summed E-state index contributed by atoms with van der Waals surface area (Å²) in [6.45, 7) is 0.672. The zero-order valence-electron chi connectivity index (χ0n) is 9.12. The third-order valence-electron chi connectivity index (χ3n) is 2.13. The number of carboxylic acids is 1. The van der Waals surface area contributed by atoms with Crippen LogP contribution in [0.3, 0.4) is 0 Å². The first kappa shape index (κ1) is 13.6. The molecule has 0 bridgehead atoms. The molecule has 0 atom stereocenters. The monoisotopic (exact) mass is 251 g/mol. The summed E-state index contributed by atoms with van der Waals surface area (Å²) in [5, 5.41) is 8.62. The Morgan fingerprint density at radius 2 is 2.18 bits per heavy atom. The van der Waals surface area contributed by atoms with Crippen molar-refractivity contribution in [2.24, 2.45) is 0 Å². The van der Waals surface area contributed by atoms with E-state index in [1.54, 1.807) is 6.92 Å². The van der Waals surface area contributed by atoms with Gasteiger partial charge in [0, 0.05) is 0 Å². The first-order chi connectivity index (χ1) is 7.81. The summed E-state index contributed by atoms with van der Waals surface area (Å²) in [5.41, 5.74) is -0.0666. The maximum atomic E-state index is 12.2. The molecule has 1 aromatic heterocycles. The van der Waals surface area contributed by atoms with Crippen molar-refractivity contribution in [1.29, 1.82) is 0 Å². The number of carbonyl (C=O) groups is 1. The van der Waals surface area contributed by atoms with Gasteiger partial charge in [-0.25, -0.2) is 4.79 Å². The molecule has 1 aromatic rings. The molecule has 0 aliphatic rings. The average Bonchev–Trinajstić information content (AvgIpc) is 2.63. The van der Waals surface area contributed by atoms with Crippen molar-refractivity contribution in [3.05, 3.63) is 23.7 Å². The van der Waals surface area contributed by atoms with Gasteiger partial charge in [-0.15, -0.1) is 0 Å². The van der Waals surface area contributed by atoms with Crippen molar-refractivity contribution in [1.82, 2.24) is 4.90 Å². The van der Waals surface area contributed by atoms with Crippen LogP contribution in [0.25, 0.3) is 0 Å². The molecule has 0 saturated heterocycles. The molecular formula is C10H12F3NO3. The fourth-order valence-corrected chi connectivity index (χ4v) is 1.33. The fraction of sp³-hybridized carbons (Fsp3) is 0.500. The predicted octanol–water partition coefficient (Wildman–Crippen LogP) is 2.36. The second-order valence-electron chi connectivity index (χ2n) is 3.53. The molecule has 7 heteroatoms. The average molecular weight is 251 g/mol. The van der Waals surface area contributed by atoms with Gasteiger partial charge in [-0.2, -0.15) is 13.2 Å². The molecule has 0 radical (unpaired) electrons. The Morgan fingerprint density at radius 3 is 2.59 bits per heavy atom. The molecule has 1 heterocycles. The van der Waals surface area contributed by atoms with E-state index in [-0.39, 0.29) is 24.4 Å². The minimum atomic E-state index is -4.28. The molecule has 4 nitrogen and oxygen atoms in total. The second-order valence-corrected chi connectivity index (χ2v) is 3.53. The lowest BCUT2D eigenvalue weighted by Crippen LogP contribution is -2.33. The van der Waals surface area contributed by atoms with Crippen molar-refractivity contribution in [3.8, 4) is 0 Å². The van der Waals surface area contributed by atoms with Crippen LogP contribution in [0.15, 0.2) is 16.7 Å². The maximum Gasteiger partial charge on any atom is 0.401 e. The lowest BCUT2D eigenvalue weighted by atomic mass is 10.3. The number of halogens is 3. The molecule has 0 aromatic carbocycles. The van der Waals surface area contributed by atoms with E-state index >= 15 is 0 Å². The first-order valence-corrected chi connectivity index (χ1v) is 4.91. The van der Waals surface area contributed by atoms with Gasteiger partial charge in [0.25, 0.3) is 0 Å². The number of alkyl halides is 3. The van der Waals surface area contributed by atoms with E-state index in [1.165, 1.54) is 6.07 Å². The number of hydrogen-bond donors (Lipinski definition) is 1. The smallest absolute Gasteiger partial charge is 0.401 e. The van der Waals surface area contributed by atoms with Gasteiger partial charge in [-0.05, 0) is 12.6 Å². The molecule has 0 aliphatic carbocycles. The Bertz CT molecular complexity index is 386. The van der Waals surface area contributed by atoms with Crippen LogP contribution in [0, 0.1) is 0 Å². The Labute approximate surface area is 95.6 Å². The van der Waals surface area contributed by atoms with Gasteiger partial charge in [0.2, 0.25) is 0 Å². The third-order valence-corrected chi connectivity index (χ3v) is 2.13. The van der Waals surface area contributed by atoms with Crippen LogP contribution in [-0.4, -0.2) is 35.2 Å². The van der Waals surface area contributed by atoms with Crippen LogP contribution in [0.1, 0.15) is 23.0 Å². The molecule has 1 N–H and O–H groups in total. The van der Waals surface area contributed by atoms with E-state index in [0.29, 0.717) is 0 Å². The van der Waals surface area contributed by atoms with Gasteiger partial charge in [0.1, 0.15) is 12.0 Å². The summed E-state index contributed by atoms with van der Waals surface area (Å²) in [5.74, 6) is -0.965. The second kappa shape index (κ2) is 5.22. The Morgan fingerprint density at radius 1 is 1.53 bits per heavy atom. The summed E-state index contributed by atoms with van der Waals surface area (Å²) < 4.78 is 41.4. The molecule has 1 rings (SSSR count). The van der Waals surface area contributed by atoms with Gasteiger partial charge in [0.15, 0.2) is 0 Å². The molecule has 0 amide bonds. The Hall–Kier alpha value is -1.50. The molecule has 0 aliphatic heterocycles. The van der Waals surface area contributed by atoms with Gasteiger partial charge in [-0.3, -0.25) is 4.90 Å². The SMILES string of the molecule is CCN(Cc1cc(C(=O)O)co1)CC(F)(F)F. The lowest BCUT2D eigenvalue weighted by molar-refractivity contribution is -0.147. The maximum absolute atomic E-state index is 12.2. The van der Waals surface area contributed by atoms with Crippen molar-refractivity contribution in [3.63, 3.8) is 0 Å². The highest BCUT2D eigenvalue weighted by Gasteiger charge is 2.30. The van der Waals surface area contributed by atoms with E-state index in [4.69, 9.17) is 9.52 Å². The van der Waals surface area contributed by atoms with E-state index in [1.807, 2.05) is 0 Å². The predicted molar refractivity (Wildman–Crippen MR) is 52.7 cm³/mol. The quantitative estimate of drug-likeness (QED) is 0.872. The van der Waals surface area contributed by atoms with Crippen molar-refractivity contribution >= 4 is 5.97 Å². The molecule has 17 heavy (non-hydrogen) atoms. The summed E-state index contributed by atoms with van der Waals surface area (Å²) in [4.78, 5) is 11.7. The van der Waals surface area contributed by atoms with Crippen LogP contribution >= 0.6 is 0 Å². The first-order valence-electron chi connectivity index (χ1n) is 4.91. The van der Waals surface area contributed by atoms with Crippen molar-refractivity contribution in [2.75, 3.05) is 13.1 Å². The molecule has 96 valence electrons. The van der Waals surface area contributed by atoms with E-state index in [0.717, 1.165) is 11.2 Å². The minimum absolute atomic E-state index is 0.0662. The number of furan rings is 1. The zero-order chi connectivity index (χ0) is 13.1. The highest BCUT2D eigenvalue weighted by atomic mass is 19.4. The molecular weight excluding hydrogens is 239 g/mol. The highest BCUT2D eigenvalue weighted by molar-refractivity contribution is 5.87. The highest BCUT2D eigenvalue weighted by Crippen LogP contribution is 2.18. The number of aromatic carboxylic acids is 1. The molecule has 0 unspecified atom stereocenters. The van der Waals surface area contributed by atoms with Crippen molar-refractivity contribution < 1.29 is 27.5 Å². The standard InChI is InChI=1S/C10H12F3NO3/c1-2-14(6-10(11,12)13)4-8-3-7(5-17-8)9(15)16/h3,5H,2,4,6H2,1H3,(H,15,16). The number of nitrogens with zero attached hydrogens (tertiary/aromatic N) is 1. The third kappa shape index (κ3) is 4.48. The number of carboxylic acid groups (broad SMARTS) is 1. The largest absolute Gasteiger partial charge is 0.478 e. The van der Waals surface area contributed by atoms with Crippen molar-refractivity contribution in [2.45, 2.75) is 19.6 Å². The summed E-state index contributed by atoms with van der Waals surface area (Å²) in [6, 6.07) is 1.22. The van der Waals surface area contributed by atoms with Crippen LogP contribution in [0.2, 0.25) is 0 Å². The Balaban J connectivity index is 2.64. The summed E-state index contributed by atoms with van der Waals surface area (Å²) in [6.07, 6.45) is -3.27. The molecule has 0 spiro atoms. The summed E-state index contributed by atoms with van der Waals surface area (Å²) >= 11 is 0. The van der Waals surface area contributed by atoms with Crippen LogP contribution in [0.4, 0.5) is 13.2 Å². The van der Waals surface area contributed by atoms with Crippen LogP contribution < -0.4 is 0 Å². The van der Waals surface area contributed by atoms with Crippen LogP contribution in [-0.2, 0) is 6.54 Å². The van der Waals surface area contributed by atoms with E-state index < -0.39 is 18.7 Å². The van der Waals surface area contributed by atoms with E-state index in [2.05, 4.69) is 0 Å². The van der Waals surface area contributed by atoms with Gasteiger partial charge >= 0.3 is 12.1 Å². The van der Waals surface area contributed by atoms with Gasteiger partial charge in [0.05, 0.1) is 18.7 Å². The molecule has 0 fully saturated rings. The van der Waals surface area contributed by atoms with Gasteiger partial charge < -0.3 is 9.52 Å². The van der Waals surface area contributed by atoms with E-state index in [9.17, 15) is 18.0 Å². The molecule has 0 saturated carbocycles.